The van der Waals surface area contributed by atoms with E-state index in [1.807, 2.05) is 0 Å². The minimum atomic E-state index is -1.58. The molecule has 1 saturated heterocycles. The molecule has 1 rings (SSSR count). The third-order valence-corrected chi connectivity index (χ3v) is 2.07. The zero-order chi connectivity index (χ0) is 9.35. The van der Waals surface area contributed by atoms with Gasteiger partial charge in [0.25, 0.3) is 5.91 Å². The second-order valence-corrected chi connectivity index (χ2v) is 2.85. The van der Waals surface area contributed by atoms with Crippen LogP contribution in [-0.2, 0) is 4.79 Å². The van der Waals surface area contributed by atoms with Crippen LogP contribution in [0.5, 0.6) is 0 Å². The van der Waals surface area contributed by atoms with Crippen LogP contribution in [0, 0.1) is 0 Å². The predicted octanol–water partition coefficient (Wildman–Crippen LogP) is -3.44. The van der Waals surface area contributed by atoms with Gasteiger partial charge in [0.2, 0.25) is 0 Å². The molecule has 0 aromatic carbocycles. The zero-order valence-electron chi connectivity index (χ0n) is 6.27. The van der Waals surface area contributed by atoms with Crippen molar-refractivity contribution in [1.29, 1.82) is 0 Å². The van der Waals surface area contributed by atoms with Crippen molar-refractivity contribution in [2.24, 2.45) is 0 Å². The van der Waals surface area contributed by atoms with Gasteiger partial charge < -0.3 is 25.7 Å². The molecule has 0 aromatic rings. The van der Waals surface area contributed by atoms with Gasteiger partial charge >= 0.3 is 0 Å². The monoisotopic (exact) mass is 177 g/mol. The highest BCUT2D eigenvalue weighted by Crippen LogP contribution is 2.20. The largest absolute Gasteiger partial charge is 0.394 e. The van der Waals surface area contributed by atoms with Crippen LogP contribution in [-0.4, -0.2) is 57.3 Å². The molecule has 0 radical (unpaired) electrons. The lowest BCUT2D eigenvalue weighted by Gasteiger charge is -2.27. The van der Waals surface area contributed by atoms with Gasteiger partial charge in [-0.05, 0) is 0 Å². The molecule has 0 aromatic heterocycles. The van der Waals surface area contributed by atoms with Crippen molar-refractivity contribution >= 4 is 5.91 Å². The molecule has 6 nitrogen and oxygen atoms in total. The molecular weight excluding hydrogens is 166 g/mol. The first-order valence-electron chi connectivity index (χ1n) is 3.47. The summed E-state index contributed by atoms with van der Waals surface area (Å²) in [5.74, 6) is -0.786. The van der Waals surface area contributed by atoms with Gasteiger partial charge in [-0.1, -0.05) is 0 Å². The second-order valence-electron chi connectivity index (χ2n) is 2.85. The molecule has 6 heteroatoms. The van der Waals surface area contributed by atoms with Crippen molar-refractivity contribution in [3.63, 3.8) is 0 Å². The van der Waals surface area contributed by atoms with Gasteiger partial charge in [-0.2, -0.15) is 0 Å². The normalized spacial score (nSPS) is 33.5. The van der Waals surface area contributed by atoms with Crippen LogP contribution in [0.3, 0.4) is 0 Å². The van der Waals surface area contributed by atoms with E-state index in [4.69, 9.17) is 15.3 Å². The van der Waals surface area contributed by atoms with Gasteiger partial charge in [-0.3, -0.25) is 4.79 Å². The highest BCUT2D eigenvalue weighted by Gasteiger charge is 2.51. The van der Waals surface area contributed by atoms with E-state index in [9.17, 15) is 9.90 Å². The van der Waals surface area contributed by atoms with Gasteiger partial charge in [0.1, 0.15) is 11.6 Å². The Morgan fingerprint density at radius 2 is 1.83 bits per heavy atom. The maximum Gasteiger partial charge on any atom is 0.252 e. The molecule has 5 N–H and O–H groups in total. The standard InChI is InChI=1S/C6H11NO5/c8-1-6(2-9)4(11)3(10)5(12)7-6/h3-4,8-11H,1-2H2,(H,7,12). The van der Waals surface area contributed by atoms with Gasteiger partial charge in [0.15, 0.2) is 6.10 Å². The molecule has 2 unspecified atom stereocenters. The summed E-state index contributed by atoms with van der Waals surface area (Å²) in [6.07, 6.45) is -3.05. The lowest BCUT2D eigenvalue weighted by molar-refractivity contribution is -0.128. The number of aliphatic hydroxyl groups is 4. The highest BCUT2D eigenvalue weighted by molar-refractivity contribution is 5.85. The molecule has 0 spiro atoms. The van der Waals surface area contributed by atoms with Crippen LogP contribution in [0.1, 0.15) is 0 Å². The molecule has 1 aliphatic heterocycles. The maximum absolute atomic E-state index is 10.8. The summed E-state index contributed by atoms with van der Waals surface area (Å²) in [6.45, 7) is -1.24. The third kappa shape index (κ3) is 1.09. The van der Waals surface area contributed by atoms with E-state index in [0.717, 1.165) is 0 Å². The van der Waals surface area contributed by atoms with Crippen molar-refractivity contribution in [3.8, 4) is 0 Å². The summed E-state index contributed by atoms with van der Waals surface area (Å²) in [7, 11) is 0. The van der Waals surface area contributed by atoms with Crippen LogP contribution >= 0.6 is 0 Å². The topological polar surface area (TPSA) is 110 Å². The molecule has 0 aliphatic carbocycles. The van der Waals surface area contributed by atoms with Gasteiger partial charge in [0.05, 0.1) is 13.2 Å². The Balaban J connectivity index is 2.86. The van der Waals surface area contributed by atoms with E-state index in [-0.39, 0.29) is 0 Å². The number of nitrogens with one attached hydrogen (secondary N) is 1. The number of rotatable bonds is 2. The van der Waals surface area contributed by atoms with Gasteiger partial charge in [-0.15, -0.1) is 0 Å². The van der Waals surface area contributed by atoms with Crippen molar-refractivity contribution < 1.29 is 25.2 Å². The van der Waals surface area contributed by atoms with E-state index in [2.05, 4.69) is 5.32 Å². The van der Waals surface area contributed by atoms with Crippen LogP contribution in [0.2, 0.25) is 0 Å². The molecule has 2 atom stereocenters. The summed E-state index contributed by atoms with van der Waals surface area (Å²) in [5.41, 5.74) is -1.50. The Morgan fingerprint density at radius 3 is 2.00 bits per heavy atom. The summed E-state index contributed by atoms with van der Waals surface area (Å²) in [6, 6.07) is 0. The van der Waals surface area contributed by atoms with Gasteiger partial charge in [0, 0.05) is 0 Å². The van der Waals surface area contributed by atoms with E-state index in [0.29, 0.717) is 0 Å². The molecule has 12 heavy (non-hydrogen) atoms. The predicted molar refractivity (Wildman–Crippen MR) is 37.1 cm³/mol. The van der Waals surface area contributed by atoms with E-state index < -0.39 is 36.9 Å². The Hall–Kier alpha value is -0.690. The van der Waals surface area contributed by atoms with Crippen molar-refractivity contribution in [2.45, 2.75) is 17.7 Å². The van der Waals surface area contributed by atoms with E-state index >= 15 is 0 Å². The summed E-state index contributed by atoms with van der Waals surface area (Å²) >= 11 is 0. The molecule has 1 fully saturated rings. The lowest BCUT2D eigenvalue weighted by Crippen LogP contribution is -2.55. The molecule has 70 valence electrons. The summed E-state index contributed by atoms with van der Waals surface area (Å²) < 4.78 is 0. The van der Waals surface area contributed by atoms with Crippen molar-refractivity contribution in [3.05, 3.63) is 0 Å². The van der Waals surface area contributed by atoms with Crippen LogP contribution in [0.15, 0.2) is 0 Å². The fraction of sp³-hybridized carbons (Fsp3) is 0.833. The van der Waals surface area contributed by atoms with Crippen LogP contribution < -0.4 is 5.32 Å². The average Bonchev–Trinajstić information content (AvgIpc) is 2.30. The van der Waals surface area contributed by atoms with Crippen molar-refractivity contribution in [2.75, 3.05) is 13.2 Å². The molecule has 0 saturated carbocycles. The van der Waals surface area contributed by atoms with Crippen molar-refractivity contribution in [1.82, 2.24) is 5.32 Å². The van der Waals surface area contributed by atoms with E-state index in [1.165, 1.54) is 0 Å². The Kier molecular flexibility index (Phi) is 2.34. The lowest BCUT2D eigenvalue weighted by atomic mass is 9.95. The van der Waals surface area contributed by atoms with Crippen LogP contribution in [0.25, 0.3) is 0 Å². The van der Waals surface area contributed by atoms with E-state index in [1.54, 1.807) is 0 Å². The Morgan fingerprint density at radius 1 is 1.33 bits per heavy atom. The summed E-state index contributed by atoms with van der Waals surface area (Å²) in [4.78, 5) is 10.8. The highest BCUT2D eigenvalue weighted by atomic mass is 16.4. The SMILES string of the molecule is O=C1NC(CO)(CO)C(O)C1O. The third-order valence-electron chi connectivity index (χ3n) is 2.07. The molecule has 1 aliphatic rings. The smallest absolute Gasteiger partial charge is 0.252 e. The first kappa shape index (κ1) is 9.40. The number of aliphatic hydroxyl groups excluding tert-OH is 4. The minimum absolute atomic E-state index is 0.618. The maximum atomic E-state index is 10.8. The fourth-order valence-electron chi connectivity index (χ4n) is 1.15. The molecule has 0 bridgehead atoms. The number of amides is 1. The quantitative estimate of drug-likeness (QED) is 0.301. The fourth-order valence-corrected chi connectivity index (χ4v) is 1.15. The van der Waals surface area contributed by atoms with Crippen LogP contribution in [0.4, 0.5) is 0 Å². The number of carbonyl (C=O) groups is 1. The van der Waals surface area contributed by atoms with Gasteiger partial charge in [-0.25, -0.2) is 0 Å². The Bertz CT molecular complexity index is 190. The minimum Gasteiger partial charge on any atom is -0.394 e. The number of hydrogen-bond donors (Lipinski definition) is 5. The zero-order valence-corrected chi connectivity index (χ0v) is 6.27. The first-order valence-corrected chi connectivity index (χ1v) is 3.47. The summed E-state index contributed by atoms with van der Waals surface area (Å²) in [5, 5.41) is 37.9. The molecule has 1 heterocycles. The number of hydrogen-bond acceptors (Lipinski definition) is 5. The average molecular weight is 177 g/mol. The second kappa shape index (κ2) is 2.98. The first-order chi connectivity index (χ1) is 5.57. The molecule has 1 amide bonds. The number of carbonyl (C=O) groups excluding carboxylic acids is 1. The Labute approximate surface area is 68.4 Å². The molecular formula is C6H11NO5.